The lowest BCUT2D eigenvalue weighted by Gasteiger charge is -2.11. The van der Waals surface area contributed by atoms with Gasteiger partial charge in [0.05, 0.1) is 17.0 Å². The minimum absolute atomic E-state index is 0.0149. The third-order valence-electron chi connectivity index (χ3n) is 3.83. The number of ketones is 1. The average Bonchev–Trinajstić information content (AvgIpc) is 2.98. The van der Waals surface area contributed by atoms with Crippen LogP contribution in [-0.2, 0) is 10.0 Å². The highest BCUT2D eigenvalue weighted by molar-refractivity contribution is 7.92. The number of anilines is 1. The Morgan fingerprint density at radius 3 is 2.81 bits per heavy atom. The Morgan fingerprint density at radius 1 is 1.37 bits per heavy atom. The van der Waals surface area contributed by atoms with Gasteiger partial charge in [-0.2, -0.15) is 0 Å². The number of hydrogen-bond acceptors (Lipinski definition) is 4. The highest BCUT2D eigenvalue weighted by atomic mass is 32.2. The van der Waals surface area contributed by atoms with E-state index in [-0.39, 0.29) is 5.56 Å². The zero-order chi connectivity index (χ0) is 21.6. The first-order valence-corrected chi connectivity index (χ1v) is 9.50. The van der Waals surface area contributed by atoms with E-state index in [9.17, 15) is 22.0 Å². The van der Waals surface area contributed by atoms with Crippen molar-refractivity contribution in [2.24, 2.45) is 0 Å². The normalized spacial score (nSPS) is 13.3. The lowest BCUT2D eigenvalue weighted by Crippen LogP contribution is -2.18. The van der Waals surface area contributed by atoms with Gasteiger partial charge in [0.15, 0.2) is 5.82 Å². The quantitative estimate of drug-likeness (QED) is 0.625. The van der Waals surface area contributed by atoms with E-state index in [1.807, 2.05) is 4.72 Å². The van der Waals surface area contributed by atoms with Gasteiger partial charge in [0.25, 0.3) is 0 Å². The number of aryl methyl sites for hydroxylation is 1. The molecule has 0 aliphatic heterocycles. The highest BCUT2D eigenvalue weighted by Crippen LogP contribution is 2.27. The molecule has 0 saturated carbocycles. The fraction of sp³-hybridized carbons (Fsp3) is 0.222. The molecule has 2 N–H and O–H groups in total. The van der Waals surface area contributed by atoms with Crippen molar-refractivity contribution in [1.82, 2.24) is 9.97 Å². The molecule has 6 nitrogen and oxygen atoms in total. The van der Waals surface area contributed by atoms with Gasteiger partial charge in [-0.3, -0.25) is 9.52 Å². The van der Waals surface area contributed by atoms with Crippen LogP contribution in [0.4, 0.5) is 14.5 Å². The summed E-state index contributed by atoms with van der Waals surface area (Å²) in [5.41, 5.74) is -0.483. The molecule has 9 heteroatoms. The van der Waals surface area contributed by atoms with Crippen LogP contribution >= 0.6 is 0 Å². The largest absolute Gasteiger partial charge is 0.345 e. The van der Waals surface area contributed by atoms with Crippen molar-refractivity contribution >= 4 is 32.5 Å². The molecule has 0 unspecified atom stereocenters. The van der Waals surface area contributed by atoms with Crippen LogP contribution in [0.1, 0.15) is 37.5 Å². The van der Waals surface area contributed by atoms with Gasteiger partial charge in [-0.1, -0.05) is 6.92 Å². The van der Waals surface area contributed by atoms with Crippen molar-refractivity contribution < 1.29 is 24.7 Å². The molecule has 0 aliphatic rings. The lowest BCUT2D eigenvalue weighted by atomic mass is 10.0. The maximum atomic E-state index is 14.9. The molecule has 0 spiro atoms. The first-order valence-electron chi connectivity index (χ1n) is 8.85. The van der Waals surface area contributed by atoms with Crippen molar-refractivity contribution in [3.8, 4) is 0 Å². The lowest BCUT2D eigenvalue weighted by molar-refractivity contribution is 0.103. The number of aromatic nitrogens is 2. The van der Waals surface area contributed by atoms with Crippen LogP contribution < -0.4 is 4.72 Å². The number of pyridine rings is 1. The Kier molecular flexibility index (Phi) is 4.29. The third kappa shape index (κ3) is 3.68. The average molecular weight is 395 g/mol. The molecule has 0 aliphatic carbocycles. The van der Waals surface area contributed by atoms with Gasteiger partial charge in [-0.05, 0) is 37.1 Å². The van der Waals surface area contributed by atoms with Crippen molar-refractivity contribution in [2.45, 2.75) is 20.2 Å². The fourth-order valence-electron chi connectivity index (χ4n) is 2.66. The van der Waals surface area contributed by atoms with Crippen molar-refractivity contribution in [1.29, 1.82) is 0 Å². The van der Waals surface area contributed by atoms with Crippen LogP contribution in [-0.4, -0.2) is 29.9 Å². The number of carbonyl (C=O) groups excluding carboxylic acids is 1. The molecule has 0 bridgehead atoms. The number of rotatable bonds is 6. The number of benzene rings is 1. The number of aromatic amines is 1. The zero-order valence-electron chi connectivity index (χ0n) is 16.4. The maximum Gasteiger partial charge on any atom is 0.232 e. The van der Waals surface area contributed by atoms with E-state index in [0.29, 0.717) is 11.0 Å². The summed E-state index contributed by atoms with van der Waals surface area (Å²) < 4.78 is 70.0. The Labute approximate surface area is 157 Å². The first kappa shape index (κ1) is 16.4. The Bertz CT molecular complexity index is 1220. The number of nitrogens with zero attached hydrogens (tertiary/aromatic N) is 1. The Morgan fingerprint density at radius 2 is 2.11 bits per heavy atom. The van der Waals surface area contributed by atoms with Gasteiger partial charge in [-0.15, -0.1) is 0 Å². The molecule has 0 atom stereocenters. The summed E-state index contributed by atoms with van der Waals surface area (Å²) in [5.74, 6) is -4.46. The molecule has 0 amide bonds. The third-order valence-corrected chi connectivity index (χ3v) is 5.03. The standard InChI is InChI=1S/C18H17F2N3O3S/c1-3-6-27(25,26)23-14-5-4-13(19)15(16(14)20)17(24)12-9-22-18-11(12)7-10(2)8-21-18/h4-5,7-9,23H,3,6H2,1-2H3,(H,21,22)/i3D2. The van der Waals surface area contributed by atoms with E-state index in [0.717, 1.165) is 24.6 Å². The summed E-state index contributed by atoms with van der Waals surface area (Å²) in [4.78, 5) is 19.7. The molecule has 2 heterocycles. The van der Waals surface area contributed by atoms with Gasteiger partial charge in [0.2, 0.25) is 15.8 Å². The zero-order valence-corrected chi connectivity index (χ0v) is 15.2. The molecule has 0 fully saturated rings. The minimum atomic E-state index is -4.28. The molecule has 3 rings (SSSR count). The second-order valence-electron chi connectivity index (χ2n) is 5.94. The molecule has 142 valence electrons. The highest BCUT2D eigenvalue weighted by Gasteiger charge is 2.25. The topological polar surface area (TPSA) is 91.9 Å². The molecule has 27 heavy (non-hydrogen) atoms. The minimum Gasteiger partial charge on any atom is -0.345 e. The summed E-state index contributed by atoms with van der Waals surface area (Å²) in [6, 6.07) is 3.25. The predicted octanol–water partition coefficient (Wildman–Crippen LogP) is 3.53. The van der Waals surface area contributed by atoms with E-state index in [1.54, 1.807) is 19.2 Å². The van der Waals surface area contributed by atoms with Crippen LogP contribution in [0.15, 0.2) is 30.6 Å². The fourth-order valence-corrected chi connectivity index (χ4v) is 3.61. The van der Waals surface area contributed by atoms with Gasteiger partial charge >= 0.3 is 0 Å². The number of H-pyrrole nitrogens is 1. The van der Waals surface area contributed by atoms with Gasteiger partial charge in [0, 0.05) is 26.1 Å². The number of carbonyl (C=O) groups is 1. The molecule has 3 aromatic rings. The predicted molar refractivity (Wildman–Crippen MR) is 98.3 cm³/mol. The molecule has 0 radical (unpaired) electrons. The van der Waals surface area contributed by atoms with Crippen LogP contribution in [0.2, 0.25) is 0 Å². The summed E-state index contributed by atoms with van der Waals surface area (Å²) in [7, 11) is -4.28. The molecule has 1 aromatic carbocycles. The molecule has 2 aromatic heterocycles. The SMILES string of the molecule is [2H]C([2H])(C)CS(=O)(=O)Nc1ccc(F)c(C(=O)c2c[nH]c3ncc(C)cc23)c1F. The number of sulfonamides is 1. The number of halogens is 2. The molecular formula is C18H17F2N3O3S. The first-order chi connectivity index (χ1) is 13.4. The van der Waals surface area contributed by atoms with Crippen LogP contribution in [0.3, 0.4) is 0 Å². The van der Waals surface area contributed by atoms with E-state index in [2.05, 4.69) is 9.97 Å². The van der Waals surface area contributed by atoms with Crippen LogP contribution in [0.25, 0.3) is 11.0 Å². The molecular weight excluding hydrogens is 376 g/mol. The van der Waals surface area contributed by atoms with E-state index >= 15 is 0 Å². The van der Waals surface area contributed by atoms with E-state index in [1.165, 1.54) is 6.20 Å². The second kappa shape index (κ2) is 7.07. The second-order valence-corrected chi connectivity index (χ2v) is 7.66. The summed E-state index contributed by atoms with van der Waals surface area (Å²) in [6.07, 6.45) is 0.771. The van der Waals surface area contributed by atoms with Gasteiger partial charge in [0.1, 0.15) is 11.5 Å². The van der Waals surface area contributed by atoms with Crippen molar-refractivity contribution in [3.63, 3.8) is 0 Å². The smallest absolute Gasteiger partial charge is 0.232 e. The van der Waals surface area contributed by atoms with E-state index in [4.69, 9.17) is 2.74 Å². The Hall–Kier alpha value is -2.81. The monoisotopic (exact) mass is 395 g/mol. The van der Waals surface area contributed by atoms with Gasteiger partial charge in [-0.25, -0.2) is 22.2 Å². The van der Waals surface area contributed by atoms with Crippen LogP contribution in [0.5, 0.6) is 0 Å². The number of nitrogens with one attached hydrogen (secondary N) is 2. The number of hydrogen-bond donors (Lipinski definition) is 2. The van der Waals surface area contributed by atoms with Crippen molar-refractivity contribution in [3.05, 3.63) is 58.9 Å². The van der Waals surface area contributed by atoms with Gasteiger partial charge < -0.3 is 4.98 Å². The summed E-state index contributed by atoms with van der Waals surface area (Å²) in [6.45, 7) is 2.80. The van der Waals surface area contributed by atoms with Crippen LogP contribution in [0, 0.1) is 18.6 Å². The number of fused-ring (bicyclic) bond motifs is 1. The Balaban J connectivity index is 2.05. The van der Waals surface area contributed by atoms with E-state index < -0.39 is 50.8 Å². The van der Waals surface area contributed by atoms with Crippen molar-refractivity contribution in [2.75, 3.05) is 10.5 Å². The molecule has 0 saturated heterocycles. The maximum absolute atomic E-state index is 14.9. The summed E-state index contributed by atoms with van der Waals surface area (Å²) in [5, 5.41) is 0.374. The summed E-state index contributed by atoms with van der Waals surface area (Å²) >= 11 is 0.